The van der Waals surface area contributed by atoms with Crippen LogP contribution < -0.4 is 0 Å². The van der Waals surface area contributed by atoms with Crippen molar-refractivity contribution in [3.63, 3.8) is 0 Å². The van der Waals surface area contributed by atoms with Crippen molar-refractivity contribution in [1.82, 2.24) is 4.90 Å². The zero-order valence-corrected chi connectivity index (χ0v) is 11.4. The highest BCUT2D eigenvalue weighted by Crippen LogP contribution is 2.34. The Morgan fingerprint density at radius 2 is 2.13 bits per heavy atom. The van der Waals surface area contributed by atoms with Crippen LogP contribution in [-0.2, 0) is 0 Å². The molecule has 0 aromatic heterocycles. The van der Waals surface area contributed by atoms with Gasteiger partial charge in [-0.1, -0.05) is 37.3 Å². The van der Waals surface area contributed by atoms with Crippen LogP contribution in [-0.4, -0.2) is 39.8 Å². The third-order valence-corrected chi connectivity index (χ3v) is 5.09. The van der Waals surface area contributed by atoms with Crippen LogP contribution in [0.1, 0.15) is 32.6 Å². The fourth-order valence-electron chi connectivity index (χ4n) is 1.93. The Balaban J connectivity index is 2.47. The molecule has 0 unspecified atom stereocenters. The zero-order chi connectivity index (χ0) is 11.4. The van der Waals surface area contributed by atoms with Gasteiger partial charge in [0.25, 0.3) is 0 Å². The van der Waals surface area contributed by atoms with E-state index in [1.165, 1.54) is 12.8 Å². The second-order valence-corrected chi connectivity index (χ2v) is 6.34. The largest absolute Gasteiger partial charge is 0.392 e. The van der Waals surface area contributed by atoms with Gasteiger partial charge in [-0.2, -0.15) is 0 Å². The molecule has 0 radical (unpaired) electrons. The van der Waals surface area contributed by atoms with E-state index in [-0.39, 0.29) is 6.10 Å². The standard InChI is InChI=1S/C11H21NOS2/c1-4-8-5-6-9(13)10(7-8)15-11(14)12(2)3/h8-10,13H,4-7H2,1-3H3/t8-,9-,10-/m1/s1. The molecule has 1 N–H and O–H groups in total. The Morgan fingerprint density at radius 1 is 1.47 bits per heavy atom. The second-order valence-electron chi connectivity index (χ2n) is 4.47. The first-order chi connectivity index (χ1) is 7.04. The molecule has 1 aliphatic carbocycles. The molecule has 0 bridgehead atoms. The van der Waals surface area contributed by atoms with Crippen molar-refractivity contribution in [2.45, 2.75) is 44.0 Å². The number of rotatable bonds is 2. The van der Waals surface area contributed by atoms with Gasteiger partial charge in [-0.15, -0.1) is 0 Å². The van der Waals surface area contributed by atoms with E-state index in [1.54, 1.807) is 11.8 Å². The van der Waals surface area contributed by atoms with Crippen LogP contribution in [0.4, 0.5) is 0 Å². The number of aliphatic hydroxyl groups excluding tert-OH is 1. The molecule has 1 rings (SSSR count). The molecule has 1 fully saturated rings. The zero-order valence-electron chi connectivity index (χ0n) is 9.77. The minimum absolute atomic E-state index is 0.171. The third kappa shape index (κ3) is 3.93. The van der Waals surface area contributed by atoms with Crippen molar-refractivity contribution >= 4 is 28.3 Å². The molecule has 0 aromatic carbocycles. The van der Waals surface area contributed by atoms with Crippen molar-refractivity contribution in [3.8, 4) is 0 Å². The summed E-state index contributed by atoms with van der Waals surface area (Å²) in [6.07, 6.45) is 4.26. The Kier molecular flexibility index (Phi) is 5.36. The van der Waals surface area contributed by atoms with Gasteiger partial charge in [0.1, 0.15) is 4.32 Å². The van der Waals surface area contributed by atoms with Gasteiger partial charge in [-0.3, -0.25) is 0 Å². The van der Waals surface area contributed by atoms with Crippen LogP contribution in [0.2, 0.25) is 0 Å². The summed E-state index contributed by atoms with van der Waals surface area (Å²) in [7, 11) is 3.92. The number of aliphatic hydroxyl groups is 1. The van der Waals surface area contributed by atoms with Crippen LogP contribution in [0.15, 0.2) is 0 Å². The number of thioether (sulfide) groups is 1. The highest BCUT2D eigenvalue weighted by molar-refractivity contribution is 8.23. The predicted molar refractivity (Wildman–Crippen MR) is 71.3 cm³/mol. The quantitative estimate of drug-likeness (QED) is 0.758. The summed E-state index contributed by atoms with van der Waals surface area (Å²) in [5.41, 5.74) is 0. The highest BCUT2D eigenvalue weighted by atomic mass is 32.2. The van der Waals surface area contributed by atoms with Crippen molar-refractivity contribution in [2.75, 3.05) is 14.1 Å². The number of hydrogen-bond donors (Lipinski definition) is 1. The van der Waals surface area contributed by atoms with E-state index < -0.39 is 0 Å². The van der Waals surface area contributed by atoms with Gasteiger partial charge in [0.2, 0.25) is 0 Å². The van der Waals surface area contributed by atoms with Gasteiger partial charge in [-0.25, -0.2) is 0 Å². The van der Waals surface area contributed by atoms with Gasteiger partial charge in [0.05, 0.1) is 6.10 Å². The van der Waals surface area contributed by atoms with Crippen LogP contribution in [0, 0.1) is 5.92 Å². The SMILES string of the molecule is CC[C@@H]1CC[C@@H](O)[C@H](SC(=S)N(C)C)C1. The average Bonchev–Trinajstić information content (AvgIpc) is 2.21. The molecule has 88 valence electrons. The molecule has 4 heteroatoms. The number of hydrogen-bond acceptors (Lipinski definition) is 3. The van der Waals surface area contributed by atoms with Gasteiger partial charge >= 0.3 is 0 Å². The van der Waals surface area contributed by atoms with Crippen molar-refractivity contribution in [3.05, 3.63) is 0 Å². The summed E-state index contributed by atoms with van der Waals surface area (Å²) in [4.78, 5) is 1.95. The van der Waals surface area contributed by atoms with Gasteiger partial charge in [0.15, 0.2) is 0 Å². The Bertz CT molecular complexity index is 221. The van der Waals surface area contributed by atoms with Crippen molar-refractivity contribution < 1.29 is 5.11 Å². The molecule has 0 amide bonds. The lowest BCUT2D eigenvalue weighted by atomic mass is 9.85. The topological polar surface area (TPSA) is 23.5 Å². The maximum absolute atomic E-state index is 9.91. The lowest BCUT2D eigenvalue weighted by Crippen LogP contribution is -2.33. The molecule has 0 spiro atoms. The van der Waals surface area contributed by atoms with E-state index in [1.807, 2.05) is 19.0 Å². The van der Waals surface area contributed by atoms with E-state index >= 15 is 0 Å². The summed E-state index contributed by atoms with van der Waals surface area (Å²) in [6.45, 7) is 2.23. The fraction of sp³-hybridized carbons (Fsp3) is 0.909. The molecule has 0 aromatic rings. The number of thiocarbonyl (C=S) groups is 1. The lowest BCUT2D eigenvalue weighted by molar-refractivity contribution is 0.115. The molecule has 0 aliphatic heterocycles. The normalized spacial score (nSPS) is 31.3. The molecular formula is C11H21NOS2. The maximum atomic E-state index is 9.91. The Hall–Kier alpha value is 0.200. The highest BCUT2D eigenvalue weighted by Gasteiger charge is 2.29. The van der Waals surface area contributed by atoms with Gasteiger partial charge in [0, 0.05) is 19.3 Å². The summed E-state index contributed by atoms with van der Waals surface area (Å²) in [6, 6.07) is 0. The Labute approximate surface area is 102 Å². The Morgan fingerprint density at radius 3 is 2.67 bits per heavy atom. The average molecular weight is 247 g/mol. The number of nitrogens with zero attached hydrogens (tertiary/aromatic N) is 1. The molecule has 15 heavy (non-hydrogen) atoms. The maximum Gasteiger partial charge on any atom is 0.136 e. The van der Waals surface area contributed by atoms with Crippen molar-refractivity contribution in [1.29, 1.82) is 0 Å². The molecule has 1 saturated carbocycles. The van der Waals surface area contributed by atoms with Crippen LogP contribution >= 0.6 is 24.0 Å². The summed E-state index contributed by atoms with van der Waals surface area (Å²) in [5, 5.41) is 10.2. The summed E-state index contributed by atoms with van der Waals surface area (Å²) < 4.78 is 0.885. The van der Waals surface area contributed by atoms with Crippen LogP contribution in [0.3, 0.4) is 0 Å². The molecule has 0 heterocycles. The first-order valence-corrected chi connectivity index (χ1v) is 6.89. The minimum atomic E-state index is -0.171. The van der Waals surface area contributed by atoms with Crippen LogP contribution in [0.5, 0.6) is 0 Å². The molecule has 0 saturated heterocycles. The third-order valence-electron chi connectivity index (χ3n) is 3.06. The summed E-state index contributed by atoms with van der Waals surface area (Å²) >= 11 is 6.93. The van der Waals surface area contributed by atoms with Gasteiger partial charge in [-0.05, 0) is 25.2 Å². The van der Waals surface area contributed by atoms with E-state index in [2.05, 4.69) is 6.92 Å². The molecule has 2 nitrogen and oxygen atoms in total. The van der Waals surface area contributed by atoms with E-state index in [9.17, 15) is 5.11 Å². The lowest BCUT2D eigenvalue weighted by Gasteiger charge is -2.33. The smallest absolute Gasteiger partial charge is 0.136 e. The molecule has 3 atom stereocenters. The van der Waals surface area contributed by atoms with Gasteiger partial charge < -0.3 is 10.0 Å². The molecular weight excluding hydrogens is 226 g/mol. The summed E-state index contributed by atoms with van der Waals surface area (Å²) in [5.74, 6) is 0.774. The van der Waals surface area contributed by atoms with E-state index in [0.717, 1.165) is 23.1 Å². The first kappa shape index (κ1) is 13.3. The van der Waals surface area contributed by atoms with Crippen molar-refractivity contribution in [2.24, 2.45) is 5.92 Å². The second kappa shape index (κ2) is 6.06. The first-order valence-electron chi connectivity index (χ1n) is 5.60. The van der Waals surface area contributed by atoms with Crippen LogP contribution in [0.25, 0.3) is 0 Å². The monoisotopic (exact) mass is 247 g/mol. The van der Waals surface area contributed by atoms with E-state index in [0.29, 0.717) is 5.25 Å². The molecule has 1 aliphatic rings. The fourth-order valence-corrected chi connectivity index (χ4v) is 3.43. The predicted octanol–water partition coefficient (Wildman–Crippen LogP) is 2.51. The minimum Gasteiger partial charge on any atom is -0.392 e. The van der Waals surface area contributed by atoms with E-state index in [4.69, 9.17) is 12.2 Å².